The maximum absolute atomic E-state index is 13.2. The number of benzene rings is 2. The number of nitrogens with zero attached hydrogens (tertiary/aromatic N) is 2. The average molecular weight is 409 g/mol. The molecule has 2 amide bonds. The highest BCUT2D eigenvalue weighted by atomic mass is 16.5. The first-order valence-electron chi connectivity index (χ1n) is 10.9. The molecular weight excluding hydrogens is 376 g/mol. The molecule has 0 radical (unpaired) electrons. The van der Waals surface area contributed by atoms with Gasteiger partial charge in [-0.05, 0) is 37.0 Å². The standard InChI is InChI=1S/C25H32N2O3/c1-4-10-24(28)27-16-15-26(5-2)25(29)20(18-27)17-19-11-6-7-12-21(19)22-13-8-9-14-23(22)30-3/h6-9,11-14,20H,4-5,10,15-18H2,1-3H3/t20-/m0/s1. The van der Waals surface area contributed by atoms with Gasteiger partial charge in [-0.15, -0.1) is 0 Å². The number of carbonyl (C=O) groups excluding carboxylic acids is 2. The summed E-state index contributed by atoms with van der Waals surface area (Å²) in [7, 11) is 1.67. The van der Waals surface area contributed by atoms with Crippen LogP contribution in [0.2, 0.25) is 0 Å². The van der Waals surface area contributed by atoms with Crippen LogP contribution in [0, 0.1) is 5.92 Å². The fourth-order valence-corrected chi connectivity index (χ4v) is 4.20. The Morgan fingerprint density at radius 2 is 1.73 bits per heavy atom. The number of carbonyl (C=O) groups is 2. The Labute approximate surface area is 179 Å². The van der Waals surface area contributed by atoms with Crippen molar-refractivity contribution in [3.05, 3.63) is 54.1 Å². The summed E-state index contributed by atoms with van der Waals surface area (Å²) >= 11 is 0. The van der Waals surface area contributed by atoms with Gasteiger partial charge in [0.05, 0.1) is 13.0 Å². The molecule has 0 spiro atoms. The Morgan fingerprint density at radius 3 is 2.43 bits per heavy atom. The smallest absolute Gasteiger partial charge is 0.227 e. The molecule has 0 unspecified atom stereocenters. The SMILES string of the molecule is CCCC(=O)N1CCN(CC)C(=O)[C@@H](Cc2ccccc2-c2ccccc2OC)C1. The summed E-state index contributed by atoms with van der Waals surface area (Å²) in [6.45, 7) is 6.38. The minimum atomic E-state index is -0.246. The van der Waals surface area contributed by atoms with Gasteiger partial charge in [0.1, 0.15) is 5.75 Å². The van der Waals surface area contributed by atoms with Crippen LogP contribution in [-0.2, 0) is 16.0 Å². The third kappa shape index (κ3) is 4.84. The molecule has 5 heteroatoms. The molecular formula is C25H32N2O3. The van der Waals surface area contributed by atoms with E-state index < -0.39 is 0 Å². The number of hydrogen-bond donors (Lipinski definition) is 0. The van der Waals surface area contributed by atoms with E-state index in [4.69, 9.17) is 4.74 Å². The first-order chi connectivity index (χ1) is 14.6. The van der Waals surface area contributed by atoms with Crippen LogP contribution in [-0.4, -0.2) is 54.9 Å². The zero-order valence-electron chi connectivity index (χ0n) is 18.3. The van der Waals surface area contributed by atoms with Gasteiger partial charge < -0.3 is 14.5 Å². The predicted octanol–water partition coefficient (Wildman–Crippen LogP) is 4.01. The van der Waals surface area contributed by atoms with E-state index >= 15 is 0 Å². The third-order valence-electron chi connectivity index (χ3n) is 5.82. The van der Waals surface area contributed by atoms with E-state index in [2.05, 4.69) is 12.1 Å². The first-order valence-corrected chi connectivity index (χ1v) is 10.9. The molecule has 1 fully saturated rings. The Hall–Kier alpha value is -2.82. The summed E-state index contributed by atoms with van der Waals surface area (Å²) in [5.41, 5.74) is 3.19. The summed E-state index contributed by atoms with van der Waals surface area (Å²) in [5.74, 6) is 0.849. The van der Waals surface area contributed by atoms with E-state index in [1.165, 1.54) is 0 Å². The molecule has 2 aromatic carbocycles. The highest BCUT2D eigenvalue weighted by Crippen LogP contribution is 2.33. The number of hydrogen-bond acceptors (Lipinski definition) is 3. The molecule has 3 rings (SSSR count). The molecule has 30 heavy (non-hydrogen) atoms. The fraction of sp³-hybridized carbons (Fsp3) is 0.440. The van der Waals surface area contributed by atoms with E-state index in [0.29, 0.717) is 39.0 Å². The van der Waals surface area contributed by atoms with Crippen LogP contribution in [0.3, 0.4) is 0 Å². The number of likely N-dealkylation sites (N-methyl/N-ethyl adjacent to an activating group) is 1. The Kier molecular flexibility index (Phi) is 7.50. The molecule has 0 N–H and O–H groups in total. The molecule has 5 nitrogen and oxygen atoms in total. The van der Waals surface area contributed by atoms with Crippen molar-refractivity contribution in [1.82, 2.24) is 9.80 Å². The van der Waals surface area contributed by atoms with Crippen molar-refractivity contribution in [2.45, 2.75) is 33.1 Å². The molecule has 1 aliphatic heterocycles. The number of amides is 2. The topological polar surface area (TPSA) is 49.9 Å². The minimum absolute atomic E-state index is 0.138. The lowest BCUT2D eigenvalue weighted by Gasteiger charge is -2.24. The number of ether oxygens (including phenoxy) is 1. The van der Waals surface area contributed by atoms with Crippen LogP contribution in [0.1, 0.15) is 32.3 Å². The lowest BCUT2D eigenvalue weighted by atomic mass is 9.91. The minimum Gasteiger partial charge on any atom is -0.496 e. The van der Waals surface area contributed by atoms with Gasteiger partial charge in [0.2, 0.25) is 11.8 Å². The monoisotopic (exact) mass is 408 g/mol. The zero-order chi connectivity index (χ0) is 21.5. The second-order valence-electron chi connectivity index (χ2n) is 7.77. The zero-order valence-corrected chi connectivity index (χ0v) is 18.3. The molecule has 0 aliphatic carbocycles. The van der Waals surface area contributed by atoms with Gasteiger partial charge in [0, 0.05) is 38.2 Å². The molecule has 0 bridgehead atoms. The van der Waals surface area contributed by atoms with Crippen molar-refractivity contribution in [3.8, 4) is 16.9 Å². The molecule has 2 aromatic rings. The van der Waals surface area contributed by atoms with Crippen LogP contribution in [0.4, 0.5) is 0 Å². The number of methoxy groups -OCH3 is 1. The van der Waals surface area contributed by atoms with E-state index in [1.807, 2.05) is 60.0 Å². The van der Waals surface area contributed by atoms with E-state index in [-0.39, 0.29) is 17.7 Å². The van der Waals surface area contributed by atoms with Crippen molar-refractivity contribution < 1.29 is 14.3 Å². The van der Waals surface area contributed by atoms with Gasteiger partial charge in [0.25, 0.3) is 0 Å². The normalized spacial score (nSPS) is 17.0. The molecule has 160 valence electrons. The largest absolute Gasteiger partial charge is 0.496 e. The summed E-state index contributed by atoms with van der Waals surface area (Å²) in [5, 5.41) is 0. The predicted molar refractivity (Wildman–Crippen MR) is 119 cm³/mol. The summed E-state index contributed by atoms with van der Waals surface area (Å²) < 4.78 is 5.57. The Balaban J connectivity index is 1.93. The lowest BCUT2D eigenvalue weighted by Crippen LogP contribution is -2.37. The van der Waals surface area contributed by atoms with Gasteiger partial charge in [0.15, 0.2) is 0 Å². The highest BCUT2D eigenvalue weighted by Gasteiger charge is 2.32. The fourth-order valence-electron chi connectivity index (χ4n) is 4.20. The van der Waals surface area contributed by atoms with E-state index in [1.54, 1.807) is 7.11 Å². The quantitative estimate of drug-likeness (QED) is 0.695. The van der Waals surface area contributed by atoms with E-state index in [0.717, 1.165) is 28.9 Å². The van der Waals surface area contributed by atoms with Gasteiger partial charge in [-0.3, -0.25) is 9.59 Å². The van der Waals surface area contributed by atoms with Gasteiger partial charge in [-0.25, -0.2) is 0 Å². The van der Waals surface area contributed by atoms with Crippen LogP contribution in [0.25, 0.3) is 11.1 Å². The molecule has 1 heterocycles. The van der Waals surface area contributed by atoms with Crippen LogP contribution in [0.15, 0.2) is 48.5 Å². The second kappa shape index (κ2) is 10.3. The van der Waals surface area contributed by atoms with Gasteiger partial charge >= 0.3 is 0 Å². The van der Waals surface area contributed by atoms with Crippen LogP contribution in [0.5, 0.6) is 5.75 Å². The molecule has 0 saturated carbocycles. The van der Waals surface area contributed by atoms with Crippen LogP contribution < -0.4 is 4.74 Å². The lowest BCUT2D eigenvalue weighted by molar-refractivity contribution is -0.134. The van der Waals surface area contributed by atoms with Crippen molar-refractivity contribution in [3.63, 3.8) is 0 Å². The Bertz CT molecular complexity index is 880. The number of para-hydroxylation sites is 1. The maximum Gasteiger partial charge on any atom is 0.227 e. The van der Waals surface area contributed by atoms with E-state index in [9.17, 15) is 9.59 Å². The van der Waals surface area contributed by atoms with Crippen molar-refractivity contribution in [1.29, 1.82) is 0 Å². The van der Waals surface area contributed by atoms with Crippen molar-refractivity contribution in [2.24, 2.45) is 5.92 Å². The first kappa shape index (κ1) is 21.9. The van der Waals surface area contributed by atoms with Gasteiger partial charge in [-0.2, -0.15) is 0 Å². The Morgan fingerprint density at radius 1 is 1.03 bits per heavy atom. The van der Waals surface area contributed by atoms with Crippen LogP contribution >= 0.6 is 0 Å². The average Bonchev–Trinajstić information content (AvgIpc) is 2.93. The second-order valence-corrected chi connectivity index (χ2v) is 7.77. The van der Waals surface area contributed by atoms with Gasteiger partial charge in [-0.1, -0.05) is 49.4 Å². The molecule has 1 saturated heterocycles. The van der Waals surface area contributed by atoms with Crippen molar-refractivity contribution in [2.75, 3.05) is 33.3 Å². The molecule has 1 aliphatic rings. The maximum atomic E-state index is 13.2. The molecule has 1 atom stereocenters. The third-order valence-corrected chi connectivity index (χ3v) is 5.82. The highest BCUT2D eigenvalue weighted by molar-refractivity contribution is 5.83. The molecule has 0 aromatic heterocycles. The summed E-state index contributed by atoms with van der Waals surface area (Å²) in [4.78, 5) is 29.6. The summed E-state index contributed by atoms with van der Waals surface area (Å²) in [6, 6.07) is 16.1. The number of rotatable bonds is 7. The summed E-state index contributed by atoms with van der Waals surface area (Å²) in [6.07, 6.45) is 1.95. The van der Waals surface area contributed by atoms with Crippen molar-refractivity contribution >= 4 is 11.8 Å².